The summed E-state index contributed by atoms with van der Waals surface area (Å²) in [5.74, 6) is -1.27. The zero-order valence-electron chi connectivity index (χ0n) is 45.1. The molecule has 0 saturated heterocycles. The molecule has 11 rings (SSSR count). The van der Waals surface area contributed by atoms with Gasteiger partial charge in [0.05, 0.1) is 0 Å². The highest BCUT2D eigenvalue weighted by atomic mass is 16.6. The van der Waals surface area contributed by atoms with Crippen LogP contribution in [0.15, 0.2) is 97.1 Å². The second kappa shape index (κ2) is 27.3. The fraction of sp³-hybridized carbons (Fsp3) is 0.483. The van der Waals surface area contributed by atoms with Gasteiger partial charge in [-0.3, -0.25) is 30.3 Å². The van der Waals surface area contributed by atoms with Gasteiger partial charge in [0.15, 0.2) is 0 Å². The van der Waals surface area contributed by atoms with Gasteiger partial charge in [-0.15, -0.1) is 0 Å². The maximum absolute atomic E-state index is 13.0. The number of ether oxygens (including phenoxy) is 3. The van der Waals surface area contributed by atoms with Gasteiger partial charge in [0.1, 0.15) is 16.8 Å². The number of imide groups is 3. The van der Waals surface area contributed by atoms with E-state index in [4.69, 9.17) is 14.2 Å². The van der Waals surface area contributed by atoms with Gasteiger partial charge in [0.2, 0.25) is 17.7 Å². The summed E-state index contributed by atoms with van der Waals surface area (Å²) in [5.41, 5.74) is 6.18. The van der Waals surface area contributed by atoms with Gasteiger partial charge in [-0.25, -0.2) is 14.4 Å². The standard InChI is InChI=1S/C58H79N7O9/c1-56(2,3)72-53(69)60-50(66)30-37-63-34-11-10-33-59-46-22-14-42(15-23-46)40-43-16-26-48(27-17-43)64(38-31-51(67)61-54(70)73-57(4,5)6)35-12-13-36-65(39-32-52(68)62-55(71)74-58(7,8)9)49-28-20-45(21-29-49)41-44-18-24-47(63)25-19-44/h14-29,59H,10-13,30-41H2,1-9H3,(H,60,66,69)(H,61,67,70)(H,62,68,71). The molecule has 0 fully saturated rings. The van der Waals surface area contributed by atoms with Crippen molar-refractivity contribution in [2.75, 3.05) is 65.8 Å². The molecular formula is C58H79N7O9. The highest BCUT2D eigenvalue weighted by Gasteiger charge is 2.22. The third-order valence-electron chi connectivity index (χ3n) is 11.7. The fourth-order valence-electron chi connectivity index (χ4n) is 8.21. The molecular weight excluding hydrogens is 939 g/mol. The van der Waals surface area contributed by atoms with Gasteiger partial charge in [0.25, 0.3) is 0 Å². The summed E-state index contributed by atoms with van der Waals surface area (Å²) in [4.78, 5) is 82.5. The molecule has 400 valence electrons. The van der Waals surface area contributed by atoms with E-state index in [2.05, 4.69) is 133 Å². The molecule has 4 aromatic rings. The number of alkyl carbamates (subject to hydrolysis) is 3. The van der Waals surface area contributed by atoms with E-state index in [1.165, 1.54) is 0 Å². The van der Waals surface area contributed by atoms with Gasteiger partial charge in [-0.2, -0.15) is 0 Å². The molecule has 6 amide bonds. The van der Waals surface area contributed by atoms with Crippen molar-refractivity contribution in [2.45, 2.75) is 137 Å². The Morgan fingerprint density at radius 2 is 0.689 bits per heavy atom. The molecule has 7 aliphatic rings. The number of nitrogens with one attached hydrogen (secondary N) is 4. The molecule has 16 heteroatoms. The Balaban J connectivity index is 1.36. The van der Waals surface area contributed by atoms with Crippen LogP contribution in [-0.4, -0.2) is 98.6 Å². The monoisotopic (exact) mass is 1020 g/mol. The molecule has 0 aromatic heterocycles. The summed E-state index contributed by atoms with van der Waals surface area (Å²) in [7, 11) is 0. The van der Waals surface area contributed by atoms with Gasteiger partial charge >= 0.3 is 18.3 Å². The van der Waals surface area contributed by atoms with Crippen molar-refractivity contribution < 1.29 is 43.0 Å². The fourth-order valence-corrected chi connectivity index (χ4v) is 8.21. The van der Waals surface area contributed by atoms with E-state index in [-0.39, 0.29) is 19.3 Å². The van der Waals surface area contributed by atoms with Crippen LogP contribution in [0.25, 0.3) is 0 Å². The smallest absolute Gasteiger partial charge is 0.414 e. The minimum atomic E-state index is -0.786. The third kappa shape index (κ3) is 21.9. The molecule has 0 unspecified atom stereocenters. The first-order valence-corrected chi connectivity index (χ1v) is 25.9. The molecule has 0 atom stereocenters. The lowest BCUT2D eigenvalue weighted by Crippen LogP contribution is -2.38. The largest absolute Gasteiger partial charge is 0.444 e. The number of anilines is 4. The Labute approximate surface area is 438 Å². The number of carbonyl (C=O) groups is 6. The van der Waals surface area contributed by atoms with E-state index in [1.54, 1.807) is 62.3 Å². The lowest BCUT2D eigenvalue weighted by molar-refractivity contribution is -0.121. The Morgan fingerprint density at radius 1 is 0.419 bits per heavy atom. The molecule has 0 saturated carbocycles. The van der Waals surface area contributed by atoms with Crippen molar-refractivity contribution in [1.82, 2.24) is 16.0 Å². The predicted molar refractivity (Wildman–Crippen MR) is 292 cm³/mol. The Morgan fingerprint density at radius 3 is 0.973 bits per heavy atom. The Kier molecular flexibility index (Phi) is 21.3. The number of carbonyl (C=O) groups excluding carboxylic acids is 6. The molecule has 0 spiro atoms. The van der Waals surface area contributed by atoms with E-state index in [0.717, 1.165) is 83.7 Å². The number of hydrogen-bond acceptors (Lipinski definition) is 13. The van der Waals surface area contributed by atoms with Crippen LogP contribution < -0.4 is 36.0 Å². The van der Waals surface area contributed by atoms with Crippen LogP contribution in [-0.2, 0) is 41.4 Å². The third-order valence-corrected chi connectivity index (χ3v) is 11.7. The van der Waals surface area contributed by atoms with Crippen LogP contribution in [0.5, 0.6) is 0 Å². The highest BCUT2D eigenvalue weighted by Crippen LogP contribution is 2.24. The summed E-state index contributed by atoms with van der Waals surface area (Å²) < 4.78 is 15.9. The molecule has 4 aromatic carbocycles. The summed E-state index contributed by atoms with van der Waals surface area (Å²) in [5, 5.41) is 10.6. The van der Waals surface area contributed by atoms with Crippen LogP contribution in [0.3, 0.4) is 0 Å². The zero-order chi connectivity index (χ0) is 53.9. The second-order valence-corrected chi connectivity index (χ2v) is 21.8. The van der Waals surface area contributed by atoms with Crippen LogP contribution in [0, 0.1) is 0 Å². The number of amides is 6. The summed E-state index contributed by atoms with van der Waals surface area (Å²) in [6.45, 7) is 19.6. The molecule has 7 aliphatic heterocycles. The maximum Gasteiger partial charge on any atom is 0.414 e. The minimum absolute atomic E-state index is 0.0606. The van der Waals surface area contributed by atoms with Crippen LogP contribution in [0.2, 0.25) is 0 Å². The van der Waals surface area contributed by atoms with Crippen LogP contribution in [0.4, 0.5) is 37.1 Å². The van der Waals surface area contributed by atoms with Crippen molar-refractivity contribution in [3.05, 3.63) is 119 Å². The number of hydrogen-bond donors (Lipinski definition) is 4. The van der Waals surface area contributed by atoms with Crippen LogP contribution in [0.1, 0.15) is 130 Å². The van der Waals surface area contributed by atoms with Crippen LogP contribution >= 0.6 is 0 Å². The average Bonchev–Trinajstić information content (AvgIpc) is 3.30. The lowest BCUT2D eigenvalue weighted by atomic mass is 10.0. The first-order chi connectivity index (χ1) is 34.9. The predicted octanol–water partition coefficient (Wildman–Crippen LogP) is 10.3. The van der Waals surface area contributed by atoms with E-state index in [1.807, 2.05) is 0 Å². The first kappa shape index (κ1) is 57.8. The molecule has 8 bridgehead atoms. The molecule has 4 N–H and O–H groups in total. The Bertz CT molecular complexity index is 2460. The normalized spacial score (nSPS) is 14.1. The van der Waals surface area contributed by atoms with Gasteiger partial charge in [-0.1, -0.05) is 48.5 Å². The average molecular weight is 1020 g/mol. The molecule has 7 heterocycles. The van der Waals surface area contributed by atoms with Crippen molar-refractivity contribution in [3.63, 3.8) is 0 Å². The lowest BCUT2D eigenvalue weighted by Gasteiger charge is -2.28. The molecule has 0 radical (unpaired) electrons. The summed E-state index contributed by atoms with van der Waals surface area (Å²) >= 11 is 0. The maximum atomic E-state index is 13.0. The molecule has 74 heavy (non-hydrogen) atoms. The molecule has 16 nitrogen and oxygen atoms in total. The zero-order valence-corrected chi connectivity index (χ0v) is 45.1. The number of benzene rings is 4. The minimum Gasteiger partial charge on any atom is -0.444 e. The van der Waals surface area contributed by atoms with Crippen molar-refractivity contribution in [3.8, 4) is 0 Å². The van der Waals surface area contributed by atoms with E-state index < -0.39 is 52.8 Å². The SMILES string of the molecule is CC(C)(C)OC(=O)NC(=O)CCN1CCCCNc2ccc(cc2)Cc2ccc(cc2)N(CCC(=O)NC(=O)OC(C)(C)C)CCCCN(CCC(=O)NC(=O)OC(C)(C)C)c2ccc(cc2)Cc2ccc1cc2. The molecule has 0 aliphatic carbocycles. The van der Waals surface area contributed by atoms with E-state index in [9.17, 15) is 28.8 Å². The number of rotatable bonds is 9. The quantitative estimate of drug-likeness (QED) is 0.116. The second-order valence-electron chi connectivity index (χ2n) is 21.8. The van der Waals surface area contributed by atoms with E-state index >= 15 is 0 Å². The van der Waals surface area contributed by atoms with E-state index in [0.29, 0.717) is 45.7 Å². The van der Waals surface area contributed by atoms with Crippen molar-refractivity contribution >= 4 is 58.8 Å². The summed E-state index contributed by atoms with van der Waals surface area (Å²) in [6.07, 6.45) is 2.60. The van der Waals surface area contributed by atoms with Crippen molar-refractivity contribution in [2.24, 2.45) is 0 Å². The Hall–Kier alpha value is -7.10. The topological polar surface area (TPSA) is 188 Å². The van der Waals surface area contributed by atoms with Gasteiger partial charge < -0.3 is 34.2 Å². The highest BCUT2D eigenvalue weighted by molar-refractivity contribution is 5.93. The van der Waals surface area contributed by atoms with Crippen molar-refractivity contribution in [1.29, 1.82) is 0 Å². The first-order valence-electron chi connectivity index (χ1n) is 25.9. The summed E-state index contributed by atoms with van der Waals surface area (Å²) in [6, 6.07) is 33.4. The van der Waals surface area contributed by atoms with Gasteiger partial charge in [0, 0.05) is 87.8 Å². The number of nitrogens with zero attached hydrogens (tertiary/aromatic N) is 3. The van der Waals surface area contributed by atoms with Gasteiger partial charge in [-0.05, 0) is 172 Å².